The molecule has 0 heterocycles. The third-order valence-corrected chi connectivity index (χ3v) is 3.59. The van der Waals surface area contributed by atoms with Crippen LogP contribution in [-0.2, 0) is 5.88 Å². The third kappa shape index (κ3) is 4.04. The maximum absolute atomic E-state index is 6.35. The molecule has 0 radical (unpaired) electrons. The van der Waals surface area contributed by atoms with Crippen LogP contribution in [0.5, 0.6) is 0 Å². The highest BCUT2D eigenvalue weighted by molar-refractivity contribution is 6.33. The van der Waals surface area contributed by atoms with Gasteiger partial charge in [-0.15, -0.1) is 11.6 Å². The fourth-order valence-corrected chi connectivity index (χ4v) is 2.69. The predicted molar refractivity (Wildman–Crippen MR) is 82.0 cm³/mol. The molecule has 0 aliphatic carbocycles. The lowest BCUT2D eigenvalue weighted by Crippen LogP contribution is -2.40. The van der Waals surface area contributed by atoms with Crippen molar-refractivity contribution < 1.29 is 0 Å². The van der Waals surface area contributed by atoms with Crippen LogP contribution in [0.3, 0.4) is 0 Å². The molecule has 0 N–H and O–H groups in total. The van der Waals surface area contributed by atoms with Crippen molar-refractivity contribution in [2.75, 3.05) is 32.1 Å². The molecule has 1 aromatic rings. The van der Waals surface area contributed by atoms with Gasteiger partial charge in [-0.1, -0.05) is 17.7 Å². The molecule has 1 unspecified atom stereocenters. The van der Waals surface area contributed by atoms with Crippen LogP contribution in [0.15, 0.2) is 18.2 Å². The van der Waals surface area contributed by atoms with E-state index < -0.39 is 0 Å². The summed E-state index contributed by atoms with van der Waals surface area (Å²) >= 11 is 12.2. The average Bonchev–Trinajstić information content (AvgIpc) is 2.31. The van der Waals surface area contributed by atoms with Gasteiger partial charge >= 0.3 is 0 Å². The van der Waals surface area contributed by atoms with E-state index in [9.17, 15) is 0 Å². The zero-order chi connectivity index (χ0) is 13.7. The maximum atomic E-state index is 6.35. The van der Waals surface area contributed by atoms with Crippen molar-refractivity contribution in [2.45, 2.75) is 25.8 Å². The molecule has 0 bridgehead atoms. The van der Waals surface area contributed by atoms with Gasteiger partial charge in [0.2, 0.25) is 0 Å². The average molecular weight is 289 g/mol. The Morgan fingerprint density at radius 2 is 1.94 bits per heavy atom. The molecular formula is C14H22Cl2N2. The first-order valence-electron chi connectivity index (χ1n) is 6.25. The second-order valence-corrected chi connectivity index (χ2v) is 5.49. The van der Waals surface area contributed by atoms with E-state index in [-0.39, 0.29) is 0 Å². The van der Waals surface area contributed by atoms with Gasteiger partial charge < -0.3 is 9.80 Å². The highest BCUT2D eigenvalue weighted by atomic mass is 35.5. The second-order valence-electron chi connectivity index (χ2n) is 4.82. The molecule has 1 rings (SSSR count). The van der Waals surface area contributed by atoms with Gasteiger partial charge in [-0.25, -0.2) is 0 Å². The molecule has 0 aliphatic heterocycles. The van der Waals surface area contributed by atoms with Crippen molar-refractivity contribution >= 4 is 28.9 Å². The summed E-state index contributed by atoms with van der Waals surface area (Å²) in [6.07, 6.45) is 0. The highest BCUT2D eigenvalue weighted by Gasteiger charge is 2.16. The molecule has 102 valence electrons. The molecule has 0 amide bonds. The van der Waals surface area contributed by atoms with E-state index in [1.165, 1.54) is 0 Å². The summed E-state index contributed by atoms with van der Waals surface area (Å²) in [5.74, 6) is 0.499. The van der Waals surface area contributed by atoms with Crippen LogP contribution >= 0.6 is 23.2 Å². The van der Waals surface area contributed by atoms with E-state index in [0.29, 0.717) is 11.9 Å². The van der Waals surface area contributed by atoms with Crippen molar-refractivity contribution in [1.82, 2.24) is 4.90 Å². The topological polar surface area (TPSA) is 6.48 Å². The summed E-state index contributed by atoms with van der Waals surface area (Å²) < 4.78 is 0. The van der Waals surface area contributed by atoms with Crippen molar-refractivity contribution in [3.63, 3.8) is 0 Å². The molecule has 2 nitrogen and oxygen atoms in total. The highest BCUT2D eigenvalue weighted by Crippen LogP contribution is 2.28. The standard InChI is InChI=1S/C14H22Cl2N2/c1-5-18(11(2)10-17(3)4)14-7-6-12(9-15)8-13(14)16/h6-8,11H,5,9-10H2,1-4H3. The monoisotopic (exact) mass is 288 g/mol. The van der Waals surface area contributed by atoms with Gasteiger partial charge in [0, 0.05) is 25.0 Å². The summed E-state index contributed by atoms with van der Waals surface area (Å²) in [5, 5.41) is 0.778. The first-order valence-corrected chi connectivity index (χ1v) is 7.16. The van der Waals surface area contributed by atoms with Gasteiger partial charge in [0.25, 0.3) is 0 Å². The van der Waals surface area contributed by atoms with Crippen LogP contribution in [0.2, 0.25) is 5.02 Å². The lowest BCUT2D eigenvalue weighted by atomic mass is 10.1. The Hall–Kier alpha value is -0.440. The van der Waals surface area contributed by atoms with Crippen molar-refractivity contribution in [1.29, 1.82) is 0 Å². The van der Waals surface area contributed by atoms with E-state index in [1.807, 2.05) is 12.1 Å². The summed E-state index contributed by atoms with van der Waals surface area (Å²) in [4.78, 5) is 4.51. The predicted octanol–water partition coefficient (Wildman–Crippen LogP) is 3.86. The largest absolute Gasteiger partial charge is 0.367 e. The van der Waals surface area contributed by atoms with Crippen molar-refractivity contribution in [3.05, 3.63) is 28.8 Å². The van der Waals surface area contributed by atoms with Crippen LogP contribution in [-0.4, -0.2) is 38.1 Å². The van der Waals surface area contributed by atoms with E-state index in [2.05, 4.69) is 43.8 Å². The Kier molecular flexibility index (Phi) is 6.27. The minimum atomic E-state index is 0.421. The Balaban J connectivity index is 2.94. The molecule has 0 saturated carbocycles. The minimum absolute atomic E-state index is 0.421. The van der Waals surface area contributed by atoms with Gasteiger partial charge in [0.05, 0.1) is 10.7 Å². The van der Waals surface area contributed by atoms with E-state index in [1.54, 1.807) is 0 Å². The first-order chi connectivity index (χ1) is 8.49. The molecule has 4 heteroatoms. The van der Waals surface area contributed by atoms with Crippen LogP contribution in [0.1, 0.15) is 19.4 Å². The lowest BCUT2D eigenvalue weighted by molar-refractivity contribution is 0.373. The maximum Gasteiger partial charge on any atom is 0.0642 e. The Bertz CT molecular complexity index is 380. The fourth-order valence-electron chi connectivity index (χ4n) is 2.21. The van der Waals surface area contributed by atoms with E-state index >= 15 is 0 Å². The number of anilines is 1. The third-order valence-electron chi connectivity index (χ3n) is 2.98. The number of rotatable bonds is 6. The quantitative estimate of drug-likeness (QED) is 0.734. The number of benzene rings is 1. The van der Waals surface area contributed by atoms with Crippen LogP contribution in [0.25, 0.3) is 0 Å². The molecule has 0 spiro atoms. The zero-order valence-corrected chi connectivity index (χ0v) is 13.1. The first kappa shape index (κ1) is 15.6. The van der Waals surface area contributed by atoms with Gasteiger partial charge in [0.15, 0.2) is 0 Å². The summed E-state index contributed by atoms with van der Waals surface area (Å²) in [6.45, 7) is 6.31. The van der Waals surface area contributed by atoms with E-state index in [0.717, 1.165) is 29.4 Å². The Morgan fingerprint density at radius 3 is 2.39 bits per heavy atom. The SMILES string of the molecule is CCN(c1ccc(CCl)cc1Cl)C(C)CN(C)C. The number of hydrogen-bond donors (Lipinski definition) is 0. The smallest absolute Gasteiger partial charge is 0.0642 e. The molecule has 0 aliphatic rings. The molecule has 0 fully saturated rings. The zero-order valence-electron chi connectivity index (χ0n) is 11.6. The van der Waals surface area contributed by atoms with Gasteiger partial charge in [-0.3, -0.25) is 0 Å². The molecule has 1 atom stereocenters. The van der Waals surface area contributed by atoms with Crippen LogP contribution < -0.4 is 4.90 Å². The van der Waals surface area contributed by atoms with Gasteiger partial charge in [-0.05, 0) is 45.6 Å². The minimum Gasteiger partial charge on any atom is -0.367 e. The van der Waals surface area contributed by atoms with Gasteiger partial charge in [0.1, 0.15) is 0 Å². The molecule has 1 aromatic carbocycles. The van der Waals surface area contributed by atoms with E-state index in [4.69, 9.17) is 23.2 Å². The number of nitrogens with zero attached hydrogens (tertiary/aromatic N) is 2. The molecule has 18 heavy (non-hydrogen) atoms. The summed E-state index contributed by atoms with van der Waals surface area (Å²) in [6, 6.07) is 6.48. The molecular weight excluding hydrogens is 267 g/mol. The number of likely N-dealkylation sites (N-methyl/N-ethyl adjacent to an activating group) is 2. The fraction of sp³-hybridized carbons (Fsp3) is 0.571. The van der Waals surface area contributed by atoms with Crippen LogP contribution in [0, 0.1) is 0 Å². The van der Waals surface area contributed by atoms with Crippen molar-refractivity contribution in [2.24, 2.45) is 0 Å². The molecule has 0 aromatic heterocycles. The Labute approximate surface area is 120 Å². The van der Waals surface area contributed by atoms with Crippen LogP contribution in [0.4, 0.5) is 5.69 Å². The number of alkyl halides is 1. The lowest BCUT2D eigenvalue weighted by Gasteiger charge is -2.32. The summed E-state index contributed by atoms with van der Waals surface area (Å²) in [7, 11) is 4.17. The summed E-state index contributed by atoms with van der Waals surface area (Å²) in [5.41, 5.74) is 2.14. The normalized spacial score (nSPS) is 12.8. The van der Waals surface area contributed by atoms with Gasteiger partial charge in [-0.2, -0.15) is 0 Å². The second kappa shape index (κ2) is 7.22. The number of hydrogen-bond acceptors (Lipinski definition) is 2. The molecule has 0 saturated heterocycles. The van der Waals surface area contributed by atoms with Crippen molar-refractivity contribution in [3.8, 4) is 0 Å². The Morgan fingerprint density at radius 1 is 1.28 bits per heavy atom. The number of halogens is 2.